The summed E-state index contributed by atoms with van der Waals surface area (Å²) in [6.07, 6.45) is 2.29. The minimum Gasteiger partial charge on any atom is -0.483 e. The summed E-state index contributed by atoms with van der Waals surface area (Å²) in [7, 11) is 0. The Labute approximate surface area is 203 Å². The lowest BCUT2D eigenvalue weighted by atomic mass is 10.0. The lowest BCUT2D eigenvalue weighted by molar-refractivity contribution is -0.136. The van der Waals surface area contributed by atoms with E-state index in [-0.39, 0.29) is 13.0 Å². The summed E-state index contributed by atoms with van der Waals surface area (Å²) in [6, 6.07) is 15.0. The standard InChI is InChI=1S/C26H20F2N2O4S/c27-19-12-15-6-7-18(30-21(15)13-20(19)28)14-33-22-5-1-3-17-11-16-4-2-9-29-24(16)26(34-25(17)22)35-10-8-23(31)32/h1-7,9,12-13,26H,8,10-11,14H2,(H,31,32). The summed E-state index contributed by atoms with van der Waals surface area (Å²) in [6.45, 7) is 0.0940. The van der Waals surface area contributed by atoms with Crippen LogP contribution in [0.15, 0.2) is 60.8 Å². The number of pyridine rings is 2. The zero-order valence-corrected chi connectivity index (χ0v) is 19.2. The van der Waals surface area contributed by atoms with Gasteiger partial charge in [0.1, 0.15) is 6.61 Å². The molecule has 35 heavy (non-hydrogen) atoms. The zero-order valence-electron chi connectivity index (χ0n) is 18.4. The van der Waals surface area contributed by atoms with Gasteiger partial charge in [-0.1, -0.05) is 24.3 Å². The Kier molecular flexibility index (Phi) is 6.50. The Morgan fingerprint density at radius 2 is 1.94 bits per heavy atom. The number of thioether (sulfide) groups is 1. The maximum Gasteiger partial charge on any atom is 0.304 e. The molecule has 1 aliphatic heterocycles. The minimum atomic E-state index is -0.954. The molecule has 3 heterocycles. The minimum absolute atomic E-state index is 0.00975. The van der Waals surface area contributed by atoms with Gasteiger partial charge in [0.2, 0.25) is 0 Å². The van der Waals surface area contributed by atoms with Crippen molar-refractivity contribution in [3.8, 4) is 11.5 Å². The molecule has 0 aliphatic carbocycles. The zero-order chi connectivity index (χ0) is 24.4. The van der Waals surface area contributed by atoms with Gasteiger partial charge in [0, 0.05) is 35.4 Å². The number of aliphatic carboxylic acids is 1. The third kappa shape index (κ3) is 5.05. The van der Waals surface area contributed by atoms with E-state index in [0.29, 0.717) is 40.3 Å². The van der Waals surface area contributed by atoms with Gasteiger partial charge in [-0.05, 0) is 29.8 Å². The summed E-state index contributed by atoms with van der Waals surface area (Å²) < 4.78 is 39.5. The van der Waals surface area contributed by atoms with E-state index >= 15 is 0 Å². The van der Waals surface area contributed by atoms with Crippen molar-refractivity contribution in [3.63, 3.8) is 0 Å². The molecule has 0 fully saturated rings. The molecule has 4 aromatic rings. The van der Waals surface area contributed by atoms with Crippen LogP contribution in [0.25, 0.3) is 10.9 Å². The van der Waals surface area contributed by atoms with Gasteiger partial charge in [-0.2, -0.15) is 0 Å². The highest BCUT2D eigenvalue weighted by molar-refractivity contribution is 7.99. The van der Waals surface area contributed by atoms with Gasteiger partial charge in [0.25, 0.3) is 0 Å². The molecular weight excluding hydrogens is 474 g/mol. The fourth-order valence-corrected chi connectivity index (χ4v) is 4.93. The second-order valence-corrected chi connectivity index (χ2v) is 9.15. The number of carboxylic acids is 1. The van der Waals surface area contributed by atoms with E-state index in [2.05, 4.69) is 9.97 Å². The number of halogens is 2. The summed E-state index contributed by atoms with van der Waals surface area (Å²) in [5, 5.41) is 9.53. The van der Waals surface area contributed by atoms with Crippen molar-refractivity contribution in [2.24, 2.45) is 0 Å². The second-order valence-electron chi connectivity index (χ2n) is 7.98. The highest BCUT2D eigenvalue weighted by atomic mass is 32.2. The van der Waals surface area contributed by atoms with Gasteiger partial charge < -0.3 is 14.6 Å². The average Bonchev–Trinajstić information content (AvgIpc) is 3.00. The van der Waals surface area contributed by atoms with E-state index in [1.165, 1.54) is 11.8 Å². The maximum absolute atomic E-state index is 13.6. The molecule has 1 unspecified atom stereocenters. The number of benzene rings is 2. The Hall–Kier alpha value is -3.72. The Balaban J connectivity index is 1.41. The third-order valence-electron chi connectivity index (χ3n) is 5.57. The number of carboxylic acid groups (broad SMARTS) is 1. The summed E-state index contributed by atoms with van der Waals surface area (Å²) in [5.74, 6) is -1.31. The van der Waals surface area contributed by atoms with Crippen molar-refractivity contribution in [1.29, 1.82) is 0 Å². The molecule has 0 saturated carbocycles. The van der Waals surface area contributed by atoms with Gasteiger partial charge in [-0.3, -0.25) is 9.78 Å². The summed E-state index contributed by atoms with van der Waals surface area (Å²) in [4.78, 5) is 19.9. The Morgan fingerprint density at radius 1 is 1.11 bits per heavy atom. The molecule has 6 nitrogen and oxygen atoms in total. The first-order valence-electron chi connectivity index (χ1n) is 10.9. The van der Waals surface area contributed by atoms with Crippen molar-refractivity contribution < 1.29 is 28.2 Å². The van der Waals surface area contributed by atoms with Gasteiger partial charge in [-0.15, -0.1) is 11.8 Å². The number of carbonyl (C=O) groups is 1. The van der Waals surface area contributed by atoms with Crippen LogP contribution < -0.4 is 9.47 Å². The molecule has 0 bridgehead atoms. The van der Waals surface area contributed by atoms with E-state index in [1.54, 1.807) is 24.4 Å². The van der Waals surface area contributed by atoms with Gasteiger partial charge in [0.15, 0.2) is 28.6 Å². The fourth-order valence-electron chi connectivity index (χ4n) is 3.89. The summed E-state index contributed by atoms with van der Waals surface area (Å²) in [5.41, 5.74) is 3.07. The molecule has 5 rings (SSSR count). The molecule has 0 saturated heterocycles. The molecule has 1 atom stereocenters. The first-order chi connectivity index (χ1) is 17.0. The van der Waals surface area contributed by atoms with Crippen LogP contribution in [0.1, 0.15) is 34.4 Å². The molecule has 2 aromatic heterocycles. The van der Waals surface area contributed by atoms with Crippen LogP contribution in [-0.2, 0) is 17.8 Å². The van der Waals surface area contributed by atoms with Crippen molar-refractivity contribution in [2.45, 2.75) is 24.9 Å². The van der Waals surface area contributed by atoms with Crippen LogP contribution in [0, 0.1) is 11.6 Å². The number of rotatable bonds is 7. The number of hydrogen-bond acceptors (Lipinski definition) is 6. The largest absolute Gasteiger partial charge is 0.483 e. The van der Waals surface area contributed by atoms with Gasteiger partial charge in [0.05, 0.1) is 23.3 Å². The monoisotopic (exact) mass is 494 g/mol. The summed E-state index contributed by atoms with van der Waals surface area (Å²) >= 11 is 1.37. The second kappa shape index (κ2) is 9.87. The molecule has 1 aliphatic rings. The Morgan fingerprint density at radius 3 is 2.80 bits per heavy atom. The fraction of sp³-hybridized carbons (Fsp3) is 0.192. The van der Waals surface area contributed by atoms with Crippen LogP contribution >= 0.6 is 11.8 Å². The average molecular weight is 495 g/mol. The van der Waals surface area contributed by atoms with Crippen LogP contribution in [0.4, 0.5) is 8.78 Å². The number of nitrogens with zero attached hydrogens (tertiary/aromatic N) is 2. The van der Waals surface area contributed by atoms with Crippen LogP contribution in [0.2, 0.25) is 0 Å². The van der Waals surface area contributed by atoms with E-state index in [1.807, 2.05) is 24.3 Å². The van der Waals surface area contributed by atoms with E-state index in [0.717, 1.165) is 29.0 Å². The molecule has 0 radical (unpaired) electrons. The number of para-hydroxylation sites is 1. The van der Waals surface area contributed by atoms with Crippen molar-refractivity contribution >= 4 is 28.6 Å². The predicted octanol–water partition coefficient (Wildman–Crippen LogP) is 5.68. The molecule has 1 N–H and O–H groups in total. The predicted molar refractivity (Wildman–Crippen MR) is 128 cm³/mol. The molecule has 9 heteroatoms. The Bertz CT molecular complexity index is 1420. The third-order valence-corrected chi connectivity index (χ3v) is 6.63. The maximum atomic E-state index is 13.6. The van der Waals surface area contributed by atoms with Gasteiger partial charge in [-0.25, -0.2) is 13.8 Å². The molecule has 2 aromatic carbocycles. The van der Waals surface area contributed by atoms with E-state index < -0.39 is 23.0 Å². The highest BCUT2D eigenvalue weighted by Crippen LogP contribution is 2.43. The molecule has 0 amide bonds. The van der Waals surface area contributed by atoms with Crippen molar-refractivity contribution in [1.82, 2.24) is 9.97 Å². The molecular formula is C26H20F2N2O4S. The first kappa shape index (κ1) is 23.0. The van der Waals surface area contributed by atoms with Crippen LogP contribution in [0.5, 0.6) is 11.5 Å². The lowest BCUT2D eigenvalue weighted by Crippen LogP contribution is -2.09. The van der Waals surface area contributed by atoms with Gasteiger partial charge >= 0.3 is 5.97 Å². The number of hydrogen-bond donors (Lipinski definition) is 1. The first-order valence-corrected chi connectivity index (χ1v) is 12.0. The number of ether oxygens (including phenoxy) is 2. The van der Waals surface area contributed by atoms with E-state index in [9.17, 15) is 13.6 Å². The van der Waals surface area contributed by atoms with Crippen LogP contribution in [-0.4, -0.2) is 26.8 Å². The van der Waals surface area contributed by atoms with E-state index in [4.69, 9.17) is 14.6 Å². The quantitative estimate of drug-likeness (QED) is 0.354. The van der Waals surface area contributed by atoms with Crippen LogP contribution in [0.3, 0.4) is 0 Å². The number of fused-ring (bicyclic) bond motifs is 3. The molecule has 0 spiro atoms. The highest BCUT2D eigenvalue weighted by Gasteiger charge is 2.27. The topological polar surface area (TPSA) is 81.5 Å². The lowest BCUT2D eigenvalue weighted by Gasteiger charge is -2.20. The molecule has 178 valence electrons. The SMILES string of the molecule is O=C(O)CCSC1Oc2c(cccc2OCc2ccc3cc(F)c(F)cc3n2)Cc2cccnc21. The number of aromatic nitrogens is 2. The normalized spacial score (nSPS) is 14.5. The smallest absolute Gasteiger partial charge is 0.304 e. The van der Waals surface area contributed by atoms with Crippen molar-refractivity contribution in [3.05, 3.63) is 94.9 Å². The van der Waals surface area contributed by atoms with Crippen molar-refractivity contribution in [2.75, 3.05) is 5.75 Å².